The summed E-state index contributed by atoms with van der Waals surface area (Å²) in [5.41, 5.74) is 1.27. The summed E-state index contributed by atoms with van der Waals surface area (Å²) in [6, 6.07) is 8.66. The van der Waals surface area contributed by atoms with Crippen LogP contribution in [-0.2, 0) is 6.54 Å². The Morgan fingerprint density at radius 2 is 2.12 bits per heavy atom. The number of H-pyrrole nitrogens is 1. The Hall–Kier alpha value is -1.13. The van der Waals surface area contributed by atoms with Crippen molar-refractivity contribution in [3.63, 3.8) is 0 Å². The minimum absolute atomic E-state index is 0.318. The number of halogens is 1. The van der Waals surface area contributed by atoms with Crippen molar-refractivity contribution in [2.75, 3.05) is 0 Å². The Labute approximate surface area is 103 Å². The molecule has 4 heteroatoms. The number of aromatic nitrogens is 2. The summed E-state index contributed by atoms with van der Waals surface area (Å²) in [7, 11) is 0. The summed E-state index contributed by atoms with van der Waals surface area (Å²) in [5, 5.41) is 3.41. The molecule has 1 unspecified atom stereocenters. The highest BCUT2D eigenvalue weighted by Gasteiger charge is 2.04. The van der Waals surface area contributed by atoms with Crippen molar-refractivity contribution in [1.82, 2.24) is 15.3 Å². The van der Waals surface area contributed by atoms with E-state index in [4.69, 9.17) is 0 Å². The van der Waals surface area contributed by atoms with E-state index >= 15 is 0 Å². The lowest BCUT2D eigenvalue weighted by Gasteiger charge is -2.13. The smallest absolute Gasteiger partial charge is 0.120 e. The van der Waals surface area contributed by atoms with Crippen LogP contribution < -0.4 is 5.32 Å². The first kappa shape index (κ1) is 11.4. The van der Waals surface area contributed by atoms with Crippen LogP contribution in [0.15, 0.2) is 41.1 Å². The molecule has 1 heterocycles. The largest absolute Gasteiger partial charge is 0.348 e. The molecule has 0 saturated carbocycles. The predicted octanol–water partition coefficient (Wildman–Crippen LogP) is 3.02. The van der Waals surface area contributed by atoms with Gasteiger partial charge in [0.15, 0.2) is 0 Å². The molecule has 1 aromatic carbocycles. The second-order valence-electron chi connectivity index (χ2n) is 3.69. The molecule has 84 valence electrons. The number of aromatic amines is 1. The summed E-state index contributed by atoms with van der Waals surface area (Å²) >= 11 is 3.43. The fourth-order valence-electron chi connectivity index (χ4n) is 1.51. The number of hydrogen-bond acceptors (Lipinski definition) is 2. The van der Waals surface area contributed by atoms with Crippen molar-refractivity contribution in [2.24, 2.45) is 0 Å². The van der Waals surface area contributed by atoms with Crippen LogP contribution in [0.1, 0.15) is 24.4 Å². The van der Waals surface area contributed by atoms with Crippen LogP contribution in [0.5, 0.6) is 0 Å². The first-order chi connectivity index (χ1) is 7.75. The van der Waals surface area contributed by atoms with Gasteiger partial charge >= 0.3 is 0 Å². The molecule has 0 aliphatic rings. The molecule has 0 amide bonds. The molecular formula is C12H14BrN3. The van der Waals surface area contributed by atoms with Crippen molar-refractivity contribution in [3.05, 3.63) is 52.5 Å². The van der Waals surface area contributed by atoms with Crippen molar-refractivity contribution >= 4 is 15.9 Å². The van der Waals surface area contributed by atoms with E-state index in [1.54, 1.807) is 6.20 Å². The number of hydrogen-bond donors (Lipinski definition) is 2. The van der Waals surface area contributed by atoms with Gasteiger partial charge in [0.1, 0.15) is 5.82 Å². The van der Waals surface area contributed by atoms with Gasteiger partial charge in [-0.05, 0) is 24.6 Å². The Morgan fingerprint density at radius 1 is 1.38 bits per heavy atom. The highest BCUT2D eigenvalue weighted by molar-refractivity contribution is 9.10. The van der Waals surface area contributed by atoms with Gasteiger partial charge in [0.05, 0.1) is 6.54 Å². The van der Waals surface area contributed by atoms with Gasteiger partial charge in [0.25, 0.3) is 0 Å². The first-order valence-electron chi connectivity index (χ1n) is 5.23. The van der Waals surface area contributed by atoms with Crippen LogP contribution in [-0.4, -0.2) is 9.97 Å². The molecule has 16 heavy (non-hydrogen) atoms. The van der Waals surface area contributed by atoms with Crippen LogP contribution in [0.3, 0.4) is 0 Å². The van der Waals surface area contributed by atoms with Gasteiger partial charge in [-0.1, -0.05) is 28.1 Å². The third-order valence-corrected chi connectivity index (χ3v) is 3.03. The third-order valence-electron chi connectivity index (χ3n) is 2.50. The molecule has 0 aliphatic heterocycles. The van der Waals surface area contributed by atoms with E-state index in [9.17, 15) is 0 Å². The predicted molar refractivity (Wildman–Crippen MR) is 68.0 cm³/mol. The molecule has 3 nitrogen and oxygen atoms in total. The number of nitrogens with zero attached hydrogens (tertiary/aromatic N) is 1. The van der Waals surface area contributed by atoms with Gasteiger partial charge in [0.2, 0.25) is 0 Å². The van der Waals surface area contributed by atoms with Gasteiger partial charge in [-0.2, -0.15) is 0 Å². The molecule has 0 aliphatic carbocycles. The maximum absolute atomic E-state index is 4.17. The minimum atomic E-state index is 0.318. The molecular weight excluding hydrogens is 266 g/mol. The Morgan fingerprint density at radius 3 is 2.75 bits per heavy atom. The Kier molecular flexibility index (Phi) is 3.74. The fourth-order valence-corrected chi connectivity index (χ4v) is 1.78. The van der Waals surface area contributed by atoms with Crippen molar-refractivity contribution in [2.45, 2.75) is 19.5 Å². The Balaban J connectivity index is 1.93. The van der Waals surface area contributed by atoms with Crippen LogP contribution in [0.2, 0.25) is 0 Å². The summed E-state index contributed by atoms with van der Waals surface area (Å²) in [6.07, 6.45) is 3.60. The molecule has 0 saturated heterocycles. The molecule has 0 radical (unpaired) electrons. The Bertz CT molecular complexity index is 422. The molecule has 0 fully saturated rings. The monoisotopic (exact) mass is 279 g/mol. The van der Waals surface area contributed by atoms with E-state index in [1.165, 1.54) is 5.56 Å². The zero-order chi connectivity index (χ0) is 11.4. The van der Waals surface area contributed by atoms with E-state index in [-0.39, 0.29) is 0 Å². The van der Waals surface area contributed by atoms with Crippen molar-refractivity contribution in [3.8, 4) is 0 Å². The van der Waals surface area contributed by atoms with E-state index < -0.39 is 0 Å². The van der Waals surface area contributed by atoms with E-state index in [1.807, 2.05) is 6.20 Å². The van der Waals surface area contributed by atoms with Gasteiger partial charge < -0.3 is 10.3 Å². The second kappa shape index (κ2) is 5.27. The number of benzene rings is 1. The highest BCUT2D eigenvalue weighted by Crippen LogP contribution is 2.16. The summed E-state index contributed by atoms with van der Waals surface area (Å²) < 4.78 is 1.11. The molecule has 2 N–H and O–H groups in total. The van der Waals surface area contributed by atoms with Gasteiger partial charge in [-0.3, -0.25) is 0 Å². The first-order valence-corrected chi connectivity index (χ1v) is 6.02. The quantitative estimate of drug-likeness (QED) is 0.903. The zero-order valence-electron chi connectivity index (χ0n) is 9.07. The molecule has 1 atom stereocenters. The van der Waals surface area contributed by atoms with Crippen LogP contribution in [0.25, 0.3) is 0 Å². The SMILES string of the molecule is CC(NCc1ncc[nH]1)c1ccc(Br)cc1. The van der Waals surface area contributed by atoms with E-state index in [0.717, 1.165) is 16.8 Å². The molecule has 2 rings (SSSR count). The van der Waals surface area contributed by atoms with Crippen molar-refractivity contribution < 1.29 is 0 Å². The van der Waals surface area contributed by atoms with Gasteiger partial charge in [-0.25, -0.2) is 4.98 Å². The van der Waals surface area contributed by atoms with E-state index in [0.29, 0.717) is 6.04 Å². The topological polar surface area (TPSA) is 40.7 Å². The number of nitrogens with one attached hydrogen (secondary N) is 2. The lowest BCUT2D eigenvalue weighted by atomic mass is 10.1. The molecule has 1 aromatic heterocycles. The zero-order valence-corrected chi connectivity index (χ0v) is 10.7. The summed E-state index contributed by atoms with van der Waals surface area (Å²) in [5.74, 6) is 0.962. The average Bonchev–Trinajstić information content (AvgIpc) is 2.80. The fraction of sp³-hybridized carbons (Fsp3) is 0.250. The van der Waals surface area contributed by atoms with Gasteiger partial charge in [0, 0.05) is 22.9 Å². The maximum Gasteiger partial charge on any atom is 0.120 e. The molecule has 2 aromatic rings. The third kappa shape index (κ3) is 2.93. The minimum Gasteiger partial charge on any atom is -0.348 e. The van der Waals surface area contributed by atoms with Crippen molar-refractivity contribution in [1.29, 1.82) is 0 Å². The van der Waals surface area contributed by atoms with Crippen LogP contribution in [0.4, 0.5) is 0 Å². The second-order valence-corrected chi connectivity index (χ2v) is 4.61. The molecule has 0 bridgehead atoms. The summed E-state index contributed by atoms with van der Waals surface area (Å²) in [4.78, 5) is 7.24. The van der Waals surface area contributed by atoms with Crippen LogP contribution >= 0.6 is 15.9 Å². The molecule has 0 spiro atoms. The van der Waals surface area contributed by atoms with Crippen LogP contribution in [0, 0.1) is 0 Å². The standard InChI is InChI=1S/C12H14BrN3/c1-9(10-2-4-11(13)5-3-10)16-8-12-14-6-7-15-12/h2-7,9,16H,8H2,1H3,(H,14,15). The normalized spacial score (nSPS) is 12.6. The number of imidazole rings is 1. The average molecular weight is 280 g/mol. The number of rotatable bonds is 4. The lowest BCUT2D eigenvalue weighted by molar-refractivity contribution is 0.562. The van der Waals surface area contributed by atoms with E-state index in [2.05, 4.69) is 62.4 Å². The maximum atomic E-state index is 4.17. The highest BCUT2D eigenvalue weighted by atomic mass is 79.9. The van der Waals surface area contributed by atoms with Gasteiger partial charge in [-0.15, -0.1) is 0 Å². The lowest BCUT2D eigenvalue weighted by Crippen LogP contribution is -2.18. The summed E-state index contributed by atoms with van der Waals surface area (Å²) in [6.45, 7) is 2.90.